The van der Waals surface area contributed by atoms with Gasteiger partial charge in [0.15, 0.2) is 0 Å². The third kappa shape index (κ3) is 2.29. The quantitative estimate of drug-likeness (QED) is 0.668. The molecule has 0 aliphatic heterocycles. The molecule has 14 heavy (non-hydrogen) atoms. The summed E-state index contributed by atoms with van der Waals surface area (Å²) in [5, 5.41) is 0.581. The Morgan fingerprint density at radius 1 is 1.14 bits per heavy atom. The summed E-state index contributed by atoms with van der Waals surface area (Å²) in [5.74, 6) is 0. The molecule has 0 atom stereocenters. The Morgan fingerprint density at radius 2 is 1.71 bits per heavy atom. The van der Waals surface area contributed by atoms with Gasteiger partial charge >= 0.3 is 6.18 Å². The number of rotatable bonds is 1. The van der Waals surface area contributed by atoms with Crippen LogP contribution in [0, 0.1) is 13.8 Å². The van der Waals surface area contributed by atoms with Gasteiger partial charge in [0.2, 0.25) is 0 Å². The zero-order chi connectivity index (χ0) is 10.9. The van der Waals surface area contributed by atoms with Gasteiger partial charge in [0.1, 0.15) is 0 Å². The number of hydrogen-bond donors (Lipinski definition) is 0. The molecule has 0 heterocycles. The van der Waals surface area contributed by atoms with Crippen molar-refractivity contribution in [3.63, 3.8) is 0 Å². The Balaban J connectivity index is 3.29. The fourth-order valence-corrected chi connectivity index (χ4v) is 1.93. The summed E-state index contributed by atoms with van der Waals surface area (Å²) >= 11 is 3.24. The summed E-state index contributed by atoms with van der Waals surface area (Å²) in [5.41, 5.74) is 1.30. The molecule has 0 nitrogen and oxygen atoms in total. The summed E-state index contributed by atoms with van der Waals surface area (Å²) in [7, 11) is 0. The first kappa shape index (κ1) is 11.6. The highest BCUT2D eigenvalue weighted by atomic mass is 79.9. The number of benzene rings is 1. The van der Waals surface area contributed by atoms with E-state index in [-0.39, 0.29) is 5.56 Å². The highest BCUT2D eigenvalue weighted by molar-refractivity contribution is 9.08. The van der Waals surface area contributed by atoms with E-state index in [0.29, 0.717) is 10.9 Å². The fraction of sp³-hybridized carbons (Fsp3) is 0.400. The van der Waals surface area contributed by atoms with Gasteiger partial charge in [0.05, 0.1) is 5.56 Å². The first-order valence-electron chi connectivity index (χ1n) is 4.09. The van der Waals surface area contributed by atoms with Gasteiger partial charge in [-0.1, -0.05) is 22.0 Å². The van der Waals surface area contributed by atoms with Gasteiger partial charge in [0, 0.05) is 5.33 Å². The molecule has 0 aliphatic carbocycles. The molecule has 0 spiro atoms. The molecule has 0 saturated carbocycles. The predicted molar refractivity (Wildman–Crippen MR) is 53.5 cm³/mol. The SMILES string of the molecule is Cc1cc(C(F)(F)F)c(C)cc1CBr. The lowest BCUT2D eigenvalue weighted by Crippen LogP contribution is -2.08. The predicted octanol–water partition coefficient (Wildman–Crippen LogP) is 4.22. The van der Waals surface area contributed by atoms with Crippen molar-refractivity contribution in [2.24, 2.45) is 0 Å². The minimum absolute atomic E-state index is 0.276. The van der Waals surface area contributed by atoms with Gasteiger partial charge in [-0.25, -0.2) is 0 Å². The van der Waals surface area contributed by atoms with Crippen molar-refractivity contribution in [1.82, 2.24) is 0 Å². The van der Waals surface area contributed by atoms with Gasteiger partial charge in [-0.3, -0.25) is 0 Å². The van der Waals surface area contributed by atoms with Crippen LogP contribution < -0.4 is 0 Å². The molecule has 0 saturated heterocycles. The Bertz CT molecular complexity index is 342. The normalized spacial score (nSPS) is 11.9. The Morgan fingerprint density at radius 3 is 2.14 bits per heavy atom. The second-order valence-electron chi connectivity index (χ2n) is 3.23. The molecule has 0 aliphatic rings. The fourth-order valence-electron chi connectivity index (χ4n) is 1.33. The number of halogens is 4. The molecule has 0 N–H and O–H groups in total. The lowest BCUT2D eigenvalue weighted by Gasteiger charge is -2.13. The number of hydrogen-bond acceptors (Lipinski definition) is 0. The molecule has 0 aromatic heterocycles. The van der Waals surface area contributed by atoms with E-state index in [4.69, 9.17) is 0 Å². The van der Waals surface area contributed by atoms with Crippen LogP contribution in [-0.2, 0) is 11.5 Å². The molecular formula is C10H10BrF3. The van der Waals surface area contributed by atoms with Crippen molar-refractivity contribution in [3.05, 3.63) is 34.4 Å². The molecular weight excluding hydrogens is 257 g/mol. The van der Waals surface area contributed by atoms with E-state index in [1.807, 2.05) is 0 Å². The minimum Gasteiger partial charge on any atom is -0.166 e. The highest BCUT2D eigenvalue weighted by Gasteiger charge is 2.32. The van der Waals surface area contributed by atoms with Crippen LogP contribution in [0.2, 0.25) is 0 Å². The molecule has 0 radical (unpaired) electrons. The first-order valence-corrected chi connectivity index (χ1v) is 5.21. The lowest BCUT2D eigenvalue weighted by atomic mass is 10.0. The number of aryl methyl sites for hydroxylation is 2. The summed E-state index contributed by atoms with van der Waals surface area (Å²) in [4.78, 5) is 0. The van der Waals surface area contributed by atoms with Crippen molar-refractivity contribution in [2.45, 2.75) is 25.4 Å². The van der Waals surface area contributed by atoms with Crippen molar-refractivity contribution in [2.75, 3.05) is 0 Å². The van der Waals surface area contributed by atoms with Crippen LogP contribution in [0.5, 0.6) is 0 Å². The Hall–Kier alpha value is -0.510. The summed E-state index contributed by atoms with van der Waals surface area (Å²) in [6, 6.07) is 2.78. The summed E-state index contributed by atoms with van der Waals surface area (Å²) in [6.45, 7) is 3.17. The molecule has 0 unspecified atom stereocenters. The van der Waals surface area contributed by atoms with E-state index in [0.717, 1.165) is 5.56 Å². The Labute approximate surface area is 89.3 Å². The lowest BCUT2D eigenvalue weighted by molar-refractivity contribution is -0.138. The minimum atomic E-state index is -4.25. The molecule has 0 amide bonds. The zero-order valence-corrected chi connectivity index (χ0v) is 9.46. The Kier molecular flexibility index (Phi) is 3.24. The van der Waals surface area contributed by atoms with Gasteiger partial charge in [-0.05, 0) is 36.6 Å². The van der Waals surface area contributed by atoms with Crippen LogP contribution >= 0.6 is 15.9 Å². The second-order valence-corrected chi connectivity index (χ2v) is 3.79. The number of alkyl halides is 4. The maximum atomic E-state index is 12.5. The molecule has 0 bridgehead atoms. The monoisotopic (exact) mass is 266 g/mol. The van der Waals surface area contributed by atoms with E-state index in [1.165, 1.54) is 13.0 Å². The maximum absolute atomic E-state index is 12.5. The van der Waals surface area contributed by atoms with Crippen molar-refractivity contribution in [3.8, 4) is 0 Å². The second kappa shape index (κ2) is 3.93. The molecule has 1 aromatic carbocycles. The van der Waals surface area contributed by atoms with Crippen LogP contribution in [0.4, 0.5) is 13.2 Å². The topological polar surface area (TPSA) is 0 Å². The van der Waals surface area contributed by atoms with E-state index in [9.17, 15) is 13.2 Å². The summed E-state index contributed by atoms with van der Waals surface area (Å²) < 4.78 is 37.4. The molecule has 0 fully saturated rings. The summed E-state index contributed by atoms with van der Waals surface area (Å²) in [6.07, 6.45) is -4.25. The zero-order valence-electron chi connectivity index (χ0n) is 7.87. The smallest absolute Gasteiger partial charge is 0.166 e. The van der Waals surface area contributed by atoms with Crippen LogP contribution in [0.1, 0.15) is 22.3 Å². The van der Waals surface area contributed by atoms with Crippen molar-refractivity contribution in [1.29, 1.82) is 0 Å². The third-order valence-corrected chi connectivity index (χ3v) is 2.74. The van der Waals surface area contributed by atoms with E-state index >= 15 is 0 Å². The average molecular weight is 267 g/mol. The highest BCUT2D eigenvalue weighted by Crippen LogP contribution is 2.33. The molecule has 78 valence electrons. The van der Waals surface area contributed by atoms with Crippen LogP contribution in [-0.4, -0.2) is 0 Å². The van der Waals surface area contributed by atoms with Crippen LogP contribution in [0.15, 0.2) is 12.1 Å². The van der Waals surface area contributed by atoms with Gasteiger partial charge in [-0.15, -0.1) is 0 Å². The van der Waals surface area contributed by atoms with E-state index in [2.05, 4.69) is 15.9 Å². The van der Waals surface area contributed by atoms with E-state index in [1.54, 1.807) is 13.0 Å². The standard InChI is InChI=1S/C10H10BrF3/c1-6-4-9(10(12,13)14)7(2)3-8(6)5-11/h3-4H,5H2,1-2H3. The maximum Gasteiger partial charge on any atom is 0.416 e. The average Bonchev–Trinajstić information content (AvgIpc) is 2.06. The van der Waals surface area contributed by atoms with Crippen molar-refractivity contribution < 1.29 is 13.2 Å². The van der Waals surface area contributed by atoms with Gasteiger partial charge < -0.3 is 0 Å². The van der Waals surface area contributed by atoms with Gasteiger partial charge in [0.25, 0.3) is 0 Å². The van der Waals surface area contributed by atoms with Crippen LogP contribution in [0.25, 0.3) is 0 Å². The van der Waals surface area contributed by atoms with Crippen molar-refractivity contribution >= 4 is 15.9 Å². The molecule has 1 aromatic rings. The first-order chi connectivity index (χ1) is 6.36. The molecule has 1 rings (SSSR count). The third-order valence-electron chi connectivity index (χ3n) is 2.13. The largest absolute Gasteiger partial charge is 0.416 e. The van der Waals surface area contributed by atoms with E-state index < -0.39 is 11.7 Å². The molecule has 4 heteroatoms. The van der Waals surface area contributed by atoms with Gasteiger partial charge in [-0.2, -0.15) is 13.2 Å². The van der Waals surface area contributed by atoms with Crippen LogP contribution in [0.3, 0.4) is 0 Å².